The molecule has 0 aliphatic heterocycles. The maximum absolute atomic E-state index is 11.3. The van der Waals surface area contributed by atoms with Crippen molar-refractivity contribution in [3.63, 3.8) is 0 Å². The van der Waals surface area contributed by atoms with Crippen molar-refractivity contribution in [2.45, 2.75) is 13.3 Å². The molecule has 0 aliphatic rings. The van der Waals surface area contributed by atoms with Crippen molar-refractivity contribution >= 4 is 17.3 Å². The lowest BCUT2D eigenvalue weighted by Crippen LogP contribution is -2.11. The van der Waals surface area contributed by atoms with Gasteiger partial charge in [0.25, 0.3) is 0 Å². The Morgan fingerprint density at radius 2 is 2.06 bits per heavy atom. The van der Waals surface area contributed by atoms with Gasteiger partial charge >= 0.3 is 5.97 Å². The van der Waals surface area contributed by atoms with Gasteiger partial charge in [0.15, 0.2) is 0 Å². The molecule has 16 heavy (non-hydrogen) atoms. The summed E-state index contributed by atoms with van der Waals surface area (Å²) in [4.78, 5) is 11.3. The van der Waals surface area contributed by atoms with E-state index in [0.717, 1.165) is 0 Å². The van der Waals surface area contributed by atoms with Crippen molar-refractivity contribution in [1.82, 2.24) is 0 Å². The predicted molar refractivity (Wildman–Crippen MR) is 60.3 cm³/mol. The molecule has 4 N–H and O–H groups in total. The molecule has 0 heterocycles. The molecule has 0 aliphatic carbocycles. The fourth-order valence-corrected chi connectivity index (χ4v) is 1.36. The van der Waals surface area contributed by atoms with Crippen LogP contribution in [-0.4, -0.2) is 12.6 Å². The summed E-state index contributed by atoms with van der Waals surface area (Å²) >= 11 is 0. The molecule has 0 aromatic heterocycles. The van der Waals surface area contributed by atoms with Gasteiger partial charge in [-0.05, 0) is 19.1 Å². The number of esters is 1. The van der Waals surface area contributed by atoms with Crippen molar-refractivity contribution in [3.8, 4) is 6.07 Å². The number of hydrogen-bond acceptors (Lipinski definition) is 5. The third-order valence-electron chi connectivity index (χ3n) is 2.12. The summed E-state index contributed by atoms with van der Waals surface area (Å²) in [5.74, 6) is -0.420. The van der Waals surface area contributed by atoms with E-state index in [0.29, 0.717) is 23.5 Å². The van der Waals surface area contributed by atoms with Gasteiger partial charge in [-0.1, -0.05) is 0 Å². The summed E-state index contributed by atoms with van der Waals surface area (Å²) in [6, 6.07) is 5.06. The highest BCUT2D eigenvalue weighted by Gasteiger charge is 2.14. The van der Waals surface area contributed by atoms with Crippen LogP contribution >= 0.6 is 0 Å². The average Bonchev–Trinajstić information content (AvgIpc) is 2.24. The smallest absolute Gasteiger partial charge is 0.310 e. The second-order valence-corrected chi connectivity index (χ2v) is 3.19. The van der Waals surface area contributed by atoms with E-state index in [1.807, 2.05) is 6.07 Å². The Labute approximate surface area is 93.6 Å². The van der Waals surface area contributed by atoms with Crippen LogP contribution in [0, 0.1) is 11.3 Å². The Bertz CT molecular complexity index is 449. The van der Waals surface area contributed by atoms with Crippen molar-refractivity contribution in [2.24, 2.45) is 0 Å². The Hall–Kier alpha value is -2.22. The maximum atomic E-state index is 11.3. The molecule has 0 fully saturated rings. The topological polar surface area (TPSA) is 102 Å². The largest absolute Gasteiger partial charge is 0.466 e. The molecule has 0 atom stereocenters. The lowest BCUT2D eigenvalue weighted by molar-refractivity contribution is -0.142. The van der Waals surface area contributed by atoms with Crippen LogP contribution in [0.2, 0.25) is 0 Å². The minimum atomic E-state index is -0.420. The molecular formula is C11H13N3O2. The lowest BCUT2D eigenvalue weighted by atomic mass is 10.0. The first-order valence-corrected chi connectivity index (χ1v) is 4.82. The molecule has 84 valence electrons. The van der Waals surface area contributed by atoms with E-state index in [9.17, 15) is 4.79 Å². The Morgan fingerprint density at radius 1 is 1.44 bits per heavy atom. The highest BCUT2D eigenvalue weighted by atomic mass is 16.5. The number of nitriles is 1. The first-order valence-electron chi connectivity index (χ1n) is 4.82. The highest BCUT2D eigenvalue weighted by Crippen LogP contribution is 2.23. The zero-order valence-electron chi connectivity index (χ0n) is 8.99. The number of hydrogen-bond donors (Lipinski definition) is 2. The summed E-state index contributed by atoms with van der Waals surface area (Å²) in [5.41, 5.74) is 12.7. The number of benzene rings is 1. The van der Waals surface area contributed by atoms with E-state index in [4.69, 9.17) is 21.5 Å². The van der Waals surface area contributed by atoms with Crippen LogP contribution in [0.1, 0.15) is 18.1 Å². The van der Waals surface area contributed by atoms with E-state index >= 15 is 0 Å². The number of nitrogens with two attached hydrogens (primary N) is 2. The number of anilines is 2. The van der Waals surface area contributed by atoms with Gasteiger partial charge in [-0.2, -0.15) is 5.26 Å². The highest BCUT2D eigenvalue weighted by molar-refractivity contribution is 5.78. The van der Waals surface area contributed by atoms with Crippen LogP contribution < -0.4 is 11.5 Å². The summed E-state index contributed by atoms with van der Waals surface area (Å²) in [6.45, 7) is 2.01. The van der Waals surface area contributed by atoms with Gasteiger partial charge in [0.05, 0.1) is 18.6 Å². The molecule has 5 nitrogen and oxygen atoms in total. The van der Waals surface area contributed by atoms with Crippen LogP contribution in [0.15, 0.2) is 12.1 Å². The van der Waals surface area contributed by atoms with Crippen molar-refractivity contribution in [3.05, 3.63) is 23.3 Å². The van der Waals surface area contributed by atoms with E-state index in [1.165, 1.54) is 0 Å². The van der Waals surface area contributed by atoms with Crippen LogP contribution in [0.25, 0.3) is 0 Å². The van der Waals surface area contributed by atoms with Gasteiger partial charge in [-0.3, -0.25) is 4.79 Å². The number of rotatable bonds is 3. The number of ether oxygens (including phenoxy) is 1. The number of carbonyl (C=O) groups is 1. The van der Waals surface area contributed by atoms with Crippen LogP contribution in [-0.2, 0) is 16.0 Å². The van der Waals surface area contributed by atoms with E-state index in [2.05, 4.69) is 0 Å². The van der Waals surface area contributed by atoms with Gasteiger partial charge in [-0.15, -0.1) is 0 Å². The molecule has 5 heteroatoms. The van der Waals surface area contributed by atoms with Crippen LogP contribution in [0.3, 0.4) is 0 Å². The van der Waals surface area contributed by atoms with Gasteiger partial charge in [0.1, 0.15) is 6.07 Å². The Kier molecular flexibility index (Phi) is 3.72. The molecule has 0 bridgehead atoms. The monoisotopic (exact) mass is 219 g/mol. The normalized spacial score (nSPS) is 9.50. The van der Waals surface area contributed by atoms with E-state index in [-0.39, 0.29) is 12.0 Å². The second-order valence-electron chi connectivity index (χ2n) is 3.19. The summed E-state index contributed by atoms with van der Waals surface area (Å²) < 4.78 is 4.80. The molecular weight excluding hydrogens is 206 g/mol. The Balaban J connectivity index is 3.08. The molecule has 1 aromatic carbocycles. The third kappa shape index (κ3) is 2.42. The quantitative estimate of drug-likeness (QED) is 0.579. The standard InChI is InChI=1S/C11H13N3O2/c1-2-16-11(15)5-7-8(6-12)10(14)4-3-9(7)13/h3-4H,2,5,13-14H2,1H3. The fourth-order valence-electron chi connectivity index (χ4n) is 1.36. The van der Waals surface area contributed by atoms with Crippen LogP contribution in [0.5, 0.6) is 0 Å². The van der Waals surface area contributed by atoms with Crippen molar-refractivity contribution < 1.29 is 9.53 Å². The van der Waals surface area contributed by atoms with E-state index < -0.39 is 5.97 Å². The molecule has 0 radical (unpaired) electrons. The molecule has 1 aromatic rings. The Morgan fingerprint density at radius 3 is 2.62 bits per heavy atom. The maximum Gasteiger partial charge on any atom is 0.310 e. The lowest BCUT2D eigenvalue weighted by Gasteiger charge is -2.09. The summed E-state index contributed by atoms with van der Waals surface area (Å²) in [6.07, 6.45) is -0.0341. The number of carbonyl (C=O) groups excluding carboxylic acids is 1. The minimum absolute atomic E-state index is 0.0341. The first kappa shape index (κ1) is 11.9. The zero-order chi connectivity index (χ0) is 12.1. The average molecular weight is 219 g/mol. The first-order chi connectivity index (χ1) is 7.60. The van der Waals surface area contributed by atoms with Gasteiger partial charge in [0, 0.05) is 16.9 Å². The summed E-state index contributed by atoms with van der Waals surface area (Å²) in [5, 5.41) is 8.93. The molecule has 0 saturated heterocycles. The predicted octanol–water partition coefficient (Wildman–Crippen LogP) is 0.828. The van der Waals surface area contributed by atoms with E-state index in [1.54, 1.807) is 19.1 Å². The fraction of sp³-hybridized carbons (Fsp3) is 0.273. The SMILES string of the molecule is CCOC(=O)Cc1c(N)ccc(N)c1C#N. The number of nitrogen functional groups attached to an aromatic ring is 2. The van der Waals surface area contributed by atoms with Gasteiger partial charge in [-0.25, -0.2) is 0 Å². The van der Waals surface area contributed by atoms with Crippen molar-refractivity contribution in [1.29, 1.82) is 5.26 Å². The van der Waals surface area contributed by atoms with Gasteiger partial charge in [0.2, 0.25) is 0 Å². The number of nitrogens with zero attached hydrogens (tertiary/aromatic N) is 1. The molecule has 0 spiro atoms. The van der Waals surface area contributed by atoms with Gasteiger partial charge < -0.3 is 16.2 Å². The second kappa shape index (κ2) is 5.03. The third-order valence-corrected chi connectivity index (χ3v) is 2.12. The molecule has 1 rings (SSSR count). The zero-order valence-corrected chi connectivity index (χ0v) is 8.99. The molecule has 0 amide bonds. The van der Waals surface area contributed by atoms with Crippen molar-refractivity contribution in [2.75, 3.05) is 18.1 Å². The molecule has 0 saturated carbocycles. The van der Waals surface area contributed by atoms with Crippen LogP contribution in [0.4, 0.5) is 11.4 Å². The minimum Gasteiger partial charge on any atom is -0.466 e. The summed E-state index contributed by atoms with van der Waals surface area (Å²) in [7, 11) is 0. The molecule has 0 unspecified atom stereocenters.